The Morgan fingerprint density at radius 3 is 2.53 bits per heavy atom. The SMILES string of the molecule is CC1CN(C)CCN1C(=O)C(C)(C)CN. The van der Waals surface area contributed by atoms with E-state index in [-0.39, 0.29) is 5.91 Å². The highest BCUT2D eigenvalue weighted by Gasteiger charge is 2.34. The van der Waals surface area contributed by atoms with Crippen molar-refractivity contribution in [2.24, 2.45) is 11.1 Å². The minimum Gasteiger partial charge on any atom is -0.337 e. The summed E-state index contributed by atoms with van der Waals surface area (Å²) in [7, 11) is 2.09. The summed E-state index contributed by atoms with van der Waals surface area (Å²) in [6.07, 6.45) is 0. The molecular formula is C11H23N3O. The van der Waals surface area contributed by atoms with E-state index in [4.69, 9.17) is 5.73 Å². The lowest BCUT2D eigenvalue weighted by Crippen LogP contribution is -2.56. The number of nitrogens with zero attached hydrogens (tertiary/aromatic N) is 2. The molecule has 1 unspecified atom stereocenters. The van der Waals surface area contributed by atoms with Crippen LogP contribution in [0.1, 0.15) is 20.8 Å². The Bertz CT molecular complexity index is 240. The Hall–Kier alpha value is -0.610. The van der Waals surface area contributed by atoms with Crippen LogP contribution in [-0.2, 0) is 4.79 Å². The normalized spacial score (nSPS) is 24.3. The van der Waals surface area contributed by atoms with Gasteiger partial charge in [-0.2, -0.15) is 0 Å². The van der Waals surface area contributed by atoms with Crippen LogP contribution in [0.5, 0.6) is 0 Å². The fraction of sp³-hybridized carbons (Fsp3) is 0.909. The molecule has 1 fully saturated rings. The molecule has 88 valence electrons. The Balaban J connectivity index is 2.68. The summed E-state index contributed by atoms with van der Waals surface area (Å²) in [4.78, 5) is 16.4. The predicted molar refractivity (Wildman–Crippen MR) is 61.5 cm³/mol. The topological polar surface area (TPSA) is 49.6 Å². The van der Waals surface area contributed by atoms with Crippen molar-refractivity contribution in [2.75, 3.05) is 33.2 Å². The van der Waals surface area contributed by atoms with E-state index >= 15 is 0 Å². The molecule has 1 atom stereocenters. The van der Waals surface area contributed by atoms with Crippen LogP contribution in [-0.4, -0.2) is 55.0 Å². The largest absolute Gasteiger partial charge is 0.337 e. The van der Waals surface area contributed by atoms with Gasteiger partial charge in [-0.05, 0) is 27.8 Å². The standard InChI is InChI=1S/C11H23N3O/c1-9-7-13(4)5-6-14(9)10(15)11(2,3)8-12/h9H,5-8,12H2,1-4H3. The van der Waals surface area contributed by atoms with Crippen LogP contribution in [0.2, 0.25) is 0 Å². The summed E-state index contributed by atoms with van der Waals surface area (Å²) >= 11 is 0. The predicted octanol–water partition coefficient (Wildman–Crippen LogP) is 0.134. The molecule has 0 aromatic heterocycles. The Morgan fingerprint density at radius 1 is 1.47 bits per heavy atom. The van der Waals surface area contributed by atoms with Crippen LogP contribution >= 0.6 is 0 Å². The van der Waals surface area contributed by atoms with Crippen LogP contribution < -0.4 is 5.73 Å². The fourth-order valence-electron chi connectivity index (χ4n) is 1.92. The molecule has 1 saturated heterocycles. The lowest BCUT2D eigenvalue weighted by atomic mass is 9.91. The third-order valence-electron chi connectivity index (χ3n) is 3.18. The van der Waals surface area contributed by atoms with Gasteiger partial charge in [0.2, 0.25) is 5.91 Å². The van der Waals surface area contributed by atoms with Crippen LogP contribution in [0.4, 0.5) is 0 Å². The third-order valence-corrected chi connectivity index (χ3v) is 3.18. The highest BCUT2D eigenvalue weighted by molar-refractivity contribution is 5.82. The van der Waals surface area contributed by atoms with Crippen molar-refractivity contribution in [3.8, 4) is 0 Å². The summed E-state index contributed by atoms with van der Waals surface area (Å²) in [5, 5.41) is 0. The van der Waals surface area contributed by atoms with Gasteiger partial charge >= 0.3 is 0 Å². The molecular weight excluding hydrogens is 190 g/mol. The molecule has 1 rings (SSSR count). The first kappa shape index (κ1) is 12.5. The van der Waals surface area contributed by atoms with Gasteiger partial charge < -0.3 is 15.5 Å². The maximum Gasteiger partial charge on any atom is 0.229 e. The fourth-order valence-corrected chi connectivity index (χ4v) is 1.92. The minimum atomic E-state index is -0.426. The number of hydrogen-bond acceptors (Lipinski definition) is 3. The van der Waals surface area contributed by atoms with E-state index < -0.39 is 5.41 Å². The molecule has 1 heterocycles. The van der Waals surface area contributed by atoms with Crippen LogP contribution in [0.25, 0.3) is 0 Å². The quantitative estimate of drug-likeness (QED) is 0.709. The molecule has 1 aliphatic heterocycles. The van der Waals surface area contributed by atoms with E-state index in [1.165, 1.54) is 0 Å². The highest BCUT2D eigenvalue weighted by Crippen LogP contribution is 2.20. The Kier molecular flexibility index (Phi) is 3.73. The molecule has 2 N–H and O–H groups in total. The van der Waals surface area contributed by atoms with Gasteiger partial charge in [0.1, 0.15) is 0 Å². The number of amides is 1. The molecule has 0 aromatic carbocycles. The molecule has 0 aromatic rings. The lowest BCUT2D eigenvalue weighted by Gasteiger charge is -2.41. The van der Waals surface area contributed by atoms with Gasteiger partial charge in [0, 0.05) is 32.2 Å². The molecule has 1 aliphatic rings. The molecule has 0 saturated carbocycles. The minimum absolute atomic E-state index is 0.186. The molecule has 0 spiro atoms. The number of likely N-dealkylation sites (N-methyl/N-ethyl adjacent to an activating group) is 1. The van der Waals surface area contributed by atoms with Crippen molar-refractivity contribution in [1.82, 2.24) is 9.80 Å². The summed E-state index contributed by atoms with van der Waals surface area (Å²) < 4.78 is 0. The van der Waals surface area contributed by atoms with Crippen LogP contribution in [0.15, 0.2) is 0 Å². The van der Waals surface area contributed by atoms with E-state index in [2.05, 4.69) is 18.9 Å². The maximum absolute atomic E-state index is 12.2. The average molecular weight is 213 g/mol. The first-order valence-corrected chi connectivity index (χ1v) is 5.58. The Morgan fingerprint density at radius 2 is 2.07 bits per heavy atom. The van der Waals surface area contributed by atoms with Gasteiger partial charge in [0.25, 0.3) is 0 Å². The van der Waals surface area contributed by atoms with E-state index in [0.29, 0.717) is 12.6 Å². The first-order valence-electron chi connectivity index (χ1n) is 5.58. The van der Waals surface area contributed by atoms with Gasteiger partial charge in [-0.15, -0.1) is 0 Å². The zero-order valence-electron chi connectivity index (χ0n) is 10.3. The van der Waals surface area contributed by atoms with Crippen LogP contribution in [0, 0.1) is 5.41 Å². The van der Waals surface area contributed by atoms with Crippen molar-refractivity contribution in [2.45, 2.75) is 26.8 Å². The molecule has 0 radical (unpaired) electrons. The van der Waals surface area contributed by atoms with E-state index in [0.717, 1.165) is 19.6 Å². The molecule has 0 aliphatic carbocycles. The zero-order valence-corrected chi connectivity index (χ0v) is 10.3. The number of piperazine rings is 1. The number of carbonyl (C=O) groups is 1. The third kappa shape index (κ3) is 2.69. The number of rotatable bonds is 2. The van der Waals surface area contributed by atoms with Crippen molar-refractivity contribution in [3.05, 3.63) is 0 Å². The number of nitrogens with two attached hydrogens (primary N) is 1. The Labute approximate surface area is 92.4 Å². The smallest absolute Gasteiger partial charge is 0.229 e. The molecule has 15 heavy (non-hydrogen) atoms. The van der Waals surface area contributed by atoms with Gasteiger partial charge in [-0.3, -0.25) is 4.79 Å². The van der Waals surface area contributed by atoms with Gasteiger partial charge in [0.05, 0.1) is 5.41 Å². The van der Waals surface area contributed by atoms with E-state index in [9.17, 15) is 4.79 Å². The van der Waals surface area contributed by atoms with Crippen molar-refractivity contribution in [3.63, 3.8) is 0 Å². The molecule has 4 heteroatoms. The van der Waals surface area contributed by atoms with Gasteiger partial charge in [-0.25, -0.2) is 0 Å². The lowest BCUT2D eigenvalue weighted by molar-refractivity contribution is -0.144. The summed E-state index contributed by atoms with van der Waals surface area (Å²) in [5.74, 6) is 0.186. The van der Waals surface area contributed by atoms with Crippen molar-refractivity contribution >= 4 is 5.91 Å². The maximum atomic E-state index is 12.2. The summed E-state index contributed by atoms with van der Waals surface area (Å²) in [6, 6.07) is 0.294. The highest BCUT2D eigenvalue weighted by atomic mass is 16.2. The zero-order chi connectivity index (χ0) is 11.6. The molecule has 0 bridgehead atoms. The van der Waals surface area contributed by atoms with E-state index in [1.807, 2.05) is 18.7 Å². The average Bonchev–Trinajstić information content (AvgIpc) is 2.17. The monoisotopic (exact) mass is 213 g/mol. The second-order valence-electron chi connectivity index (χ2n) is 5.20. The summed E-state index contributed by atoms with van der Waals surface area (Å²) in [6.45, 7) is 9.06. The second-order valence-corrected chi connectivity index (χ2v) is 5.20. The van der Waals surface area contributed by atoms with Gasteiger partial charge in [0.15, 0.2) is 0 Å². The van der Waals surface area contributed by atoms with Crippen LogP contribution in [0.3, 0.4) is 0 Å². The van der Waals surface area contributed by atoms with Crippen molar-refractivity contribution < 1.29 is 4.79 Å². The van der Waals surface area contributed by atoms with Gasteiger partial charge in [-0.1, -0.05) is 0 Å². The molecule has 1 amide bonds. The summed E-state index contributed by atoms with van der Waals surface area (Å²) in [5.41, 5.74) is 5.20. The number of hydrogen-bond donors (Lipinski definition) is 1. The second kappa shape index (κ2) is 4.49. The van der Waals surface area contributed by atoms with Crippen molar-refractivity contribution in [1.29, 1.82) is 0 Å². The molecule has 4 nitrogen and oxygen atoms in total. The first-order chi connectivity index (χ1) is 6.88. The van der Waals surface area contributed by atoms with E-state index in [1.54, 1.807) is 0 Å². The number of carbonyl (C=O) groups excluding carboxylic acids is 1.